The molecule has 0 radical (unpaired) electrons. The van der Waals surface area contributed by atoms with Gasteiger partial charge < -0.3 is 10.1 Å². The van der Waals surface area contributed by atoms with E-state index in [1.54, 1.807) is 13.2 Å². The van der Waals surface area contributed by atoms with E-state index in [9.17, 15) is 0 Å². The van der Waals surface area contributed by atoms with Gasteiger partial charge in [0.2, 0.25) is 0 Å². The third kappa shape index (κ3) is 2.34. The average molecular weight is 276 g/mol. The first kappa shape index (κ1) is 12.9. The van der Waals surface area contributed by atoms with Gasteiger partial charge in [-0.1, -0.05) is 37.0 Å². The Hall–Kier alpha value is -0.580. The number of ether oxygens (including phenoxy) is 1. The maximum atomic E-state index is 5.96. The number of methoxy groups -OCH3 is 1. The first-order chi connectivity index (χ1) is 7.95. The highest BCUT2D eigenvalue weighted by molar-refractivity contribution is 6.33. The van der Waals surface area contributed by atoms with E-state index in [1.807, 2.05) is 0 Å². The Morgan fingerprint density at radius 2 is 2.12 bits per heavy atom. The maximum absolute atomic E-state index is 5.96. The quantitative estimate of drug-likeness (QED) is 0.921. The zero-order valence-electron chi connectivity index (χ0n) is 10.00. The number of nitrogens with zero attached hydrogens (tertiary/aromatic N) is 2. The van der Waals surface area contributed by atoms with Crippen molar-refractivity contribution < 1.29 is 4.74 Å². The molecule has 0 amide bonds. The number of halogens is 2. The highest BCUT2D eigenvalue weighted by Gasteiger charge is 2.48. The number of anilines is 1. The van der Waals surface area contributed by atoms with Gasteiger partial charge in [0.05, 0.1) is 11.8 Å². The number of hydrogen-bond donors (Lipinski definition) is 1. The minimum absolute atomic E-state index is 0.0633. The summed E-state index contributed by atoms with van der Waals surface area (Å²) < 4.78 is 5.40. The Morgan fingerprint density at radius 1 is 1.41 bits per heavy atom. The molecule has 6 heteroatoms. The lowest BCUT2D eigenvalue weighted by atomic mass is 9.64. The van der Waals surface area contributed by atoms with Crippen LogP contribution in [0, 0.1) is 5.41 Å². The Morgan fingerprint density at radius 3 is 2.71 bits per heavy atom. The molecule has 0 aliphatic heterocycles. The molecule has 0 spiro atoms. The smallest absolute Gasteiger partial charge is 0.174 e. The summed E-state index contributed by atoms with van der Waals surface area (Å²) in [6, 6.07) is 1.98. The standard InChI is InChI=1S/C11H15Cl2N3O/c1-11(2)7(5-8(11)17-3)14-6-4-9(12)15-16-10(6)13/h4,7-8H,5H2,1-3H3,(H,14,15). The molecule has 4 nitrogen and oxygen atoms in total. The van der Waals surface area contributed by atoms with Crippen molar-refractivity contribution in [2.24, 2.45) is 5.41 Å². The molecule has 1 aromatic heterocycles. The topological polar surface area (TPSA) is 47.0 Å². The number of hydrogen-bond acceptors (Lipinski definition) is 4. The zero-order chi connectivity index (χ0) is 12.6. The molecular formula is C11H15Cl2N3O. The molecule has 0 aromatic carbocycles. The van der Waals surface area contributed by atoms with Gasteiger partial charge in [0.15, 0.2) is 10.3 Å². The molecule has 17 heavy (non-hydrogen) atoms. The fourth-order valence-electron chi connectivity index (χ4n) is 2.17. The predicted molar refractivity (Wildman–Crippen MR) is 68.7 cm³/mol. The summed E-state index contributed by atoms with van der Waals surface area (Å²) in [5, 5.41) is 11.5. The largest absolute Gasteiger partial charge is 0.381 e. The van der Waals surface area contributed by atoms with Gasteiger partial charge in [0.25, 0.3) is 0 Å². The van der Waals surface area contributed by atoms with Crippen LogP contribution in [0.3, 0.4) is 0 Å². The highest BCUT2D eigenvalue weighted by atomic mass is 35.5. The second-order valence-electron chi connectivity index (χ2n) is 4.85. The van der Waals surface area contributed by atoms with Crippen LogP contribution in [-0.4, -0.2) is 29.5 Å². The SMILES string of the molecule is COC1CC(Nc2cc(Cl)nnc2Cl)C1(C)C. The molecule has 1 aromatic rings. The van der Waals surface area contributed by atoms with Gasteiger partial charge in [-0.3, -0.25) is 0 Å². The minimum Gasteiger partial charge on any atom is -0.381 e. The second-order valence-corrected chi connectivity index (χ2v) is 5.60. The molecule has 2 atom stereocenters. The zero-order valence-corrected chi connectivity index (χ0v) is 11.5. The van der Waals surface area contributed by atoms with Crippen molar-refractivity contribution in [2.75, 3.05) is 12.4 Å². The van der Waals surface area contributed by atoms with Crippen LogP contribution in [0.2, 0.25) is 10.3 Å². The van der Waals surface area contributed by atoms with Crippen LogP contribution < -0.4 is 5.32 Å². The maximum Gasteiger partial charge on any atom is 0.174 e. The second kappa shape index (κ2) is 4.59. The van der Waals surface area contributed by atoms with E-state index in [-0.39, 0.29) is 11.5 Å². The van der Waals surface area contributed by atoms with Gasteiger partial charge in [-0.15, -0.1) is 10.2 Å². The van der Waals surface area contributed by atoms with E-state index >= 15 is 0 Å². The molecule has 1 heterocycles. The Labute approximate surface area is 111 Å². The van der Waals surface area contributed by atoms with Crippen molar-refractivity contribution in [1.29, 1.82) is 0 Å². The molecule has 2 rings (SSSR count). The normalized spacial score (nSPS) is 26.4. The molecular weight excluding hydrogens is 261 g/mol. The van der Waals surface area contributed by atoms with Crippen LogP contribution in [0.25, 0.3) is 0 Å². The third-order valence-corrected chi connectivity index (χ3v) is 3.97. The van der Waals surface area contributed by atoms with E-state index in [4.69, 9.17) is 27.9 Å². The van der Waals surface area contributed by atoms with Crippen LogP contribution >= 0.6 is 23.2 Å². The minimum atomic E-state index is 0.0633. The molecule has 1 N–H and O–H groups in total. The van der Waals surface area contributed by atoms with E-state index in [2.05, 4.69) is 29.4 Å². The van der Waals surface area contributed by atoms with Crippen LogP contribution in [0.1, 0.15) is 20.3 Å². The van der Waals surface area contributed by atoms with Crippen molar-refractivity contribution in [1.82, 2.24) is 10.2 Å². The highest BCUT2D eigenvalue weighted by Crippen LogP contribution is 2.44. The fourth-order valence-corrected chi connectivity index (χ4v) is 2.47. The predicted octanol–water partition coefficient (Wildman–Crippen LogP) is 3.01. The monoisotopic (exact) mass is 275 g/mol. The van der Waals surface area contributed by atoms with E-state index in [0.717, 1.165) is 12.1 Å². The van der Waals surface area contributed by atoms with Gasteiger partial charge >= 0.3 is 0 Å². The fraction of sp³-hybridized carbons (Fsp3) is 0.636. The molecule has 2 unspecified atom stereocenters. The first-order valence-electron chi connectivity index (χ1n) is 5.43. The summed E-state index contributed by atoms with van der Waals surface area (Å²) in [6.07, 6.45) is 1.21. The van der Waals surface area contributed by atoms with Gasteiger partial charge in [0, 0.05) is 24.6 Å². The lowest BCUT2D eigenvalue weighted by molar-refractivity contribution is -0.0794. The molecule has 1 aliphatic rings. The van der Waals surface area contributed by atoms with E-state index in [0.29, 0.717) is 16.3 Å². The summed E-state index contributed by atoms with van der Waals surface area (Å²) in [5.41, 5.74) is 0.785. The molecule has 1 aliphatic carbocycles. The van der Waals surface area contributed by atoms with Gasteiger partial charge in [0.1, 0.15) is 0 Å². The Kier molecular flexibility index (Phi) is 3.48. The summed E-state index contributed by atoms with van der Waals surface area (Å²) in [6.45, 7) is 4.32. The van der Waals surface area contributed by atoms with Crippen molar-refractivity contribution in [2.45, 2.75) is 32.4 Å². The van der Waals surface area contributed by atoms with E-state index < -0.39 is 0 Å². The average Bonchev–Trinajstić information content (AvgIpc) is 2.28. The summed E-state index contributed by atoms with van der Waals surface area (Å²) in [4.78, 5) is 0. The van der Waals surface area contributed by atoms with Gasteiger partial charge in [-0.25, -0.2) is 0 Å². The summed E-state index contributed by atoms with van der Waals surface area (Å²) in [7, 11) is 1.74. The van der Waals surface area contributed by atoms with Gasteiger partial charge in [-0.05, 0) is 6.42 Å². The first-order valence-corrected chi connectivity index (χ1v) is 6.18. The van der Waals surface area contributed by atoms with Crippen molar-refractivity contribution in [3.05, 3.63) is 16.4 Å². The van der Waals surface area contributed by atoms with Crippen molar-refractivity contribution >= 4 is 28.9 Å². The number of rotatable bonds is 3. The lowest BCUT2D eigenvalue weighted by Gasteiger charge is -2.51. The molecule has 0 bridgehead atoms. The van der Waals surface area contributed by atoms with Crippen LogP contribution in [0.5, 0.6) is 0 Å². The molecule has 94 valence electrons. The molecule has 1 fully saturated rings. The van der Waals surface area contributed by atoms with Gasteiger partial charge in [-0.2, -0.15) is 0 Å². The Balaban J connectivity index is 2.10. The van der Waals surface area contributed by atoms with Crippen LogP contribution in [-0.2, 0) is 4.74 Å². The number of aromatic nitrogens is 2. The van der Waals surface area contributed by atoms with Crippen LogP contribution in [0.4, 0.5) is 5.69 Å². The lowest BCUT2D eigenvalue weighted by Crippen LogP contribution is -2.57. The Bertz CT molecular complexity index is 425. The van der Waals surface area contributed by atoms with Crippen molar-refractivity contribution in [3.8, 4) is 0 Å². The van der Waals surface area contributed by atoms with Crippen LogP contribution in [0.15, 0.2) is 6.07 Å². The third-order valence-electron chi connectivity index (χ3n) is 3.51. The summed E-state index contributed by atoms with van der Waals surface area (Å²) >= 11 is 11.8. The molecule has 1 saturated carbocycles. The number of nitrogens with one attached hydrogen (secondary N) is 1. The summed E-state index contributed by atoms with van der Waals surface area (Å²) in [5.74, 6) is 0. The van der Waals surface area contributed by atoms with E-state index in [1.165, 1.54) is 0 Å². The van der Waals surface area contributed by atoms with Crippen molar-refractivity contribution in [3.63, 3.8) is 0 Å². The molecule has 0 saturated heterocycles.